The summed E-state index contributed by atoms with van der Waals surface area (Å²) in [6, 6.07) is 43.7. The van der Waals surface area contributed by atoms with Crippen molar-refractivity contribution in [3.05, 3.63) is 132 Å². The van der Waals surface area contributed by atoms with Crippen molar-refractivity contribution in [1.82, 2.24) is 0 Å². The van der Waals surface area contributed by atoms with Gasteiger partial charge in [0.15, 0.2) is 0 Å². The molecule has 0 aliphatic heterocycles. The van der Waals surface area contributed by atoms with Gasteiger partial charge in [-0.2, -0.15) is 0 Å². The molecule has 0 atom stereocenters. The van der Waals surface area contributed by atoms with Gasteiger partial charge in [-0.3, -0.25) is 0 Å². The van der Waals surface area contributed by atoms with Gasteiger partial charge in [0.25, 0.3) is 0 Å². The van der Waals surface area contributed by atoms with Crippen LogP contribution in [0.2, 0.25) is 0 Å². The highest BCUT2D eigenvalue weighted by Gasteiger charge is 2.18. The molecule has 5 rings (SSSR count). The zero-order valence-corrected chi connectivity index (χ0v) is 24.3. The van der Waals surface area contributed by atoms with E-state index >= 15 is 0 Å². The first-order chi connectivity index (χ1) is 19.3. The minimum Gasteiger partial charge on any atom is -0.378 e. The lowest BCUT2D eigenvalue weighted by atomic mass is 10.1. The Hall–Kier alpha value is -4.70. The summed E-state index contributed by atoms with van der Waals surface area (Å²) in [4.78, 5) is 8.92. The second-order valence-electron chi connectivity index (χ2n) is 10.7. The highest BCUT2D eigenvalue weighted by Crippen LogP contribution is 2.41. The predicted molar refractivity (Wildman–Crippen MR) is 174 cm³/mol. The third kappa shape index (κ3) is 5.81. The predicted octanol–water partition coefficient (Wildman–Crippen LogP) is 9.38. The Morgan fingerprint density at radius 3 is 0.950 bits per heavy atom. The molecule has 0 aromatic heterocycles. The maximum Gasteiger partial charge on any atom is 0.0482 e. The largest absolute Gasteiger partial charge is 0.378 e. The monoisotopic (exact) mass is 526 g/mol. The van der Waals surface area contributed by atoms with Crippen LogP contribution in [0.4, 0.5) is 45.5 Å². The molecule has 0 aliphatic rings. The van der Waals surface area contributed by atoms with E-state index in [0.29, 0.717) is 0 Å². The first kappa shape index (κ1) is 26.9. The van der Waals surface area contributed by atoms with Crippen LogP contribution in [0.25, 0.3) is 0 Å². The second-order valence-corrected chi connectivity index (χ2v) is 10.7. The molecule has 0 radical (unpaired) electrons. The summed E-state index contributed by atoms with van der Waals surface area (Å²) < 4.78 is 0. The molecule has 0 heterocycles. The molecule has 0 bridgehead atoms. The molecule has 0 unspecified atom stereocenters. The lowest BCUT2D eigenvalue weighted by Gasteiger charge is -2.30. The summed E-state index contributed by atoms with van der Waals surface area (Å²) in [5, 5.41) is 0. The van der Waals surface area contributed by atoms with Gasteiger partial charge >= 0.3 is 0 Å². The van der Waals surface area contributed by atoms with Gasteiger partial charge in [-0.25, -0.2) is 0 Å². The van der Waals surface area contributed by atoms with Gasteiger partial charge in [-0.15, -0.1) is 0 Å². The average Bonchev–Trinajstić information content (AvgIpc) is 2.94. The first-order valence-electron chi connectivity index (χ1n) is 13.7. The van der Waals surface area contributed by atoms with Crippen molar-refractivity contribution in [2.24, 2.45) is 0 Å². The molecule has 0 fully saturated rings. The fraction of sp³-hybridized carbons (Fsp3) is 0.167. The molecule has 5 aromatic rings. The molecule has 0 spiro atoms. The van der Waals surface area contributed by atoms with Gasteiger partial charge in [-0.1, -0.05) is 30.3 Å². The topological polar surface area (TPSA) is 13.0 Å². The van der Waals surface area contributed by atoms with Crippen molar-refractivity contribution in [2.45, 2.75) is 13.8 Å². The average molecular weight is 527 g/mol. The highest BCUT2D eigenvalue weighted by atomic mass is 15.2. The van der Waals surface area contributed by atoms with Gasteiger partial charge < -0.3 is 19.6 Å². The summed E-state index contributed by atoms with van der Waals surface area (Å²) in [6.07, 6.45) is 0. The number of rotatable bonds is 8. The van der Waals surface area contributed by atoms with Crippen LogP contribution in [0.5, 0.6) is 0 Å². The SMILES string of the molecule is Cc1cccc(N(c2ccc(N(C)C)cc2)c2cccc(N(c3ccc(N(C)C)cc3)c3cccc(C)c3)c2)c1. The number of aryl methyl sites for hydroxylation is 2. The van der Waals surface area contributed by atoms with E-state index < -0.39 is 0 Å². The number of nitrogens with zero attached hydrogens (tertiary/aromatic N) is 4. The van der Waals surface area contributed by atoms with E-state index in [1.54, 1.807) is 0 Å². The summed E-state index contributed by atoms with van der Waals surface area (Å²) >= 11 is 0. The molecule has 4 nitrogen and oxygen atoms in total. The Labute approximate surface area is 239 Å². The normalized spacial score (nSPS) is 10.8. The van der Waals surface area contributed by atoms with E-state index in [1.807, 2.05) is 0 Å². The molecule has 0 saturated heterocycles. The molecule has 0 amide bonds. The van der Waals surface area contributed by atoms with Crippen LogP contribution in [0.1, 0.15) is 11.1 Å². The molecule has 0 aliphatic carbocycles. The van der Waals surface area contributed by atoms with Gasteiger partial charge in [0.05, 0.1) is 0 Å². The number of hydrogen-bond acceptors (Lipinski definition) is 4. The van der Waals surface area contributed by atoms with Crippen LogP contribution in [-0.4, -0.2) is 28.2 Å². The molecule has 5 aromatic carbocycles. The van der Waals surface area contributed by atoms with E-state index in [-0.39, 0.29) is 0 Å². The highest BCUT2D eigenvalue weighted by molar-refractivity contribution is 5.83. The van der Waals surface area contributed by atoms with Gasteiger partial charge in [0.1, 0.15) is 0 Å². The number of benzene rings is 5. The number of anilines is 8. The zero-order valence-electron chi connectivity index (χ0n) is 24.3. The van der Waals surface area contributed by atoms with E-state index in [4.69, 9.17) is 0 Å². The Kier molecular flexibility index (Phi) is 7.79. The maximum absolute atomic E-state index is 2.33. The van der Waals surface area contributed by atoms with Crippen molar-refractivity contribution in [2.75, 3.05) is 47.8 Å². The van der Waals surface area contributed by atoms with E-state index in [9.17, 15) is 0 Å². The lowest BCUT2D eigenvalue weighted by Crippen LogP contribution is -2.14. The van der Waals surface area contributed by atoms with Crippen molar-refractivity contribution in [3.63, 3.8) is 0 Å². The Bertz CT molecular complexity index is 1450. The molecule has 0 saturated carbocycles. The standard InChI is InChI=1S/C36H38N4/c1-27-10-7-12-33(24-27)39(31-20-16-29(17-21-31)37(3)4)35-14-9-15-36(26-35)40(34-13-8-11-28(2)25-34)32-22-18-30(19-23-32)38(5)6/h7-26H,1-6H3. The molecule has 40 heavy (non-hydrogen) atoms. The minimum atomic E-state index is 1.10. The van der Waals surface area contributed by atoms with E-state index in [2.05, 4.69) is 183 Å². The first-order valence-corrected chi connectivity index (χ1v) is 13.7. The van der Waals surface area contributed by atoms with Gasteiger partial charge in [0, 0.05) is 73.7 Å². The van der Waals surface area contributed by atoms with Crippen LogP contribution in [0, 0.1) is 13.8 Å². The molecular formula is C36H38N4. The van der Waals surface area contributed by atoms with Crippen molar-refractivity contribution in [1.29, 1.82) is 0 Å². The van der Waals surface area contributed by atoms with Crippen LogP contribution in [0.15, 0.2) is 121 Å². The van der Waals surface area contributed by atoms with Gasteiger partial charge in [-0.05, 0) is 116 Å². The number of hydrogen-bond donors (Lipinski definition) is 0. The summed E-state index contributed by atoms with van der Waals surface area (Å²) in [5.74, 6) is 0. The second kappa shape index (κ2) is 11.6. The molecule has 202 valence electrons. The summed E-state index contributed by atoms with van der Waals surface area (Å²) in [5.41, 5.74) is 11.5. The van der Waals surface area contributed by atoms with Gasteiger partial charge in [0.2, 0.25) is 0 Å². The third-order valence-corrected chi connectivity index (χ3v) is 7.11. The van der Waals surface area contributed by atoms with Crippen molar-refractivity contribution in [3.8, 4) is 0 Å². The van der Waals surface area contributed by atoms with Crippen LogP contribution < -0.4 is 19.6 Å². The Morgan fingerprint density at radius 1 is 0.325 bits per heavy atom. The fourth-order valence-electron chi connectivity index (χ4n) is 5.00. The smallest absolute Gasteiger partial charge is 0.0482 e. The quantitative estimate of drug-likeness (QED) is 0.200. The lowest BCUT2D eigenvalue weighted by molar-refractivity contribution is 1.13. The third-order valence-electron chi connectivity index (χ3n) is 7.11. The zero-order chi connectivity index (χ0) is 28.2. The van der Waals surface area contributed by atoms with E-state index in [1.165, 1.54) is 22.5 Å². The minimum absolute atomic E-state index is 1.10. The summed E-state index contributed by atoms with van der Waals surface area (Å²) in [7, 11) is 8.28. The van der Waals surface area contributed by atoms with Crippen molar-refractivity contribution < 1.29 is 0 Å². The molecular weight excluding hydrogens is 488 g/mol. The van der Waals surface area contributed by atoms with E-state index in [0.717, 1.165) is 34.1 Å². The van der Waals surface area contributed by atoms with Crippen LogP contribution in [0.3, 0.4) is 0 Å². The Balaban J connectivity index is 1.65. The van der Waals surface area contributed by atoms with Crippen LogP contribution >= 0.6 is 0 Å². The van der Waals surface area contributed by atoms with Crippen LogP contribution in [-0.2, 0) is 0 Å². The maximum atomic E-state index is 2.33. The summed E-state index contributed by atoms with van der Waals surface area (Å²) in [6.45, 7) is 4.29. The Morgan fingerprint density at radius 2 is 0.625 bits per heavy atom. The fourth-order valence-corrected chi connectivity index (χ4v) is 5.00. The molecule has 0 N–H and O–H groups in total. The molecule has 4 heteroatoms. The van der Waals surface area contributed by atoms with Crippen molar-refractivity contribution >= 4 is 45.5 Å².